The second-order valence-corrected chi connectivity index (χ2v) is 5.31. The fourth-order valence-electron chi connectivity index (χ4n) is 2.48. The maximum atomic E-state index is 11.9. The molecule has 0 saturated carbocycles. The van der Waals surface area contributed by atoms with Crippen LogP contribution in [-0.4, -0.2) is 22.4 Å². The summed E-state index contributed by atoms with van der Waals surface area (Å²) < 4.78 is 7.30. The summed E-state index contributed by atoms with van der Waals surface area (Å²) in [7, 11) is 1.59. The Morgan fingerprint density at radius 3 is 2.91 bits per heavy atom. The molecule has 0 bridgehead atoms. The SMILES string of the molecule is CCCC(=O)Nc1cc(-c2cn3ccccc3n2)ccc1OC. The predicted molar refractivity (Wildman–Crippen MR) is 90.7 cm³/mol. The summed E-state index contributed by atoms with van der Waals surface area (Å²) in [5.74, 6) is 0.625. The number of imidazole rings is 1. The van der Waals surface area contributed by atoms with Crippen LogP contribution in [0.3, 0.4) is 0 Å². The highest BCUT2D eigenvalue weighted by molar-refractivity contribution is 5.93. The summed E-state index contributed by atoms with van der Waals surface area (Å²) in [4.78, 5) is 16.5. The Labute approximate surface area is 134 Å². The van der Waals surface area contributed by atoms with Crippen molar-refractivity contribution in [2.75, 3.05) is 12.4 Å². The number of carbonyl (C=O) groups is 1. The number of hydrogen-bond acceptors (Lipinski definition) is 3. The number of fused-ring (bicyclic) bond motifs is 1. The third kappa shape index (κ3) is 3.18. The van der Waals surface area contributed by atoms with Gasteiger partial charge in [0.1, 0.15) is 11.4 Å². The van der Waals surface area contributed by atoms with E-state index in [9.17, 15) is 4.79 Å². The van der Waals surface area contributed by atoms with Crippen molar-refractivity contribution < 1.29 is 9.53 Å². The molecule has 1 amide bonds. The van der Waals surface area contributed by atoms with Crippen LogP contribution < -0.4 is 10.1 Å². The van der Waals surface area contributed by atoms with Gasteiger partial charge in [0.25, 0.3) is 0 Å². The Bertz CT molecular complexity index is 806. The van der Waals surface area contributed by atoms with E-state index in [1.165, 1.54) is 0 Å². The van der Waals surface area contributed by atoms with E-state index in [2.05, 4.69) is 10.3 Å². The van der Waals surface area contributed by atoms with Crippen molar-refractivity contribution in [2.45, 2.75) is 19.8 Å². The van der Waals surface area contributed by atoms with Crippen LogP contribution in [-0.2, 0) is 4.79 Å². The summed E-state index contributed by atoms with van der Waals surface area (Å²) in [6.45, 7) is 1.98. The van der Waals surface area contributed by atoms with Crippen molar-refractivity contribution in [3.8, 4) is 17.0 Å². The third-order valence-electron chi connectivity index (χ3n) is 3.61. The molecule has 5 heteroatoms. The minimum absolute atomic E-state index is 0.0158. The van der Waals surface area contributed by atoms with Crippen molar-refractivity contribution in [3.63, 3.8) is 0 Å². The van der Waals surface area contributed by atoms with Crippen molar-refractivity contribution >= 4 is 17.2 Å². The van der Waals surface area contributed by atoms with E-state index in [-0.39, 0.29) is 5.91 Å². The van der Waals surface area contributed by atoms with E-state index in [4.69, 9.17) is 4.74 Å². The molecule has 1 N–H and O–H groups in total. The maximum absolute atomic E-state index is 11.9. The van der Waals surface area contributed by atoms with Gasteiger partial charge in [-0.15, -0.1) is 0 Å². The maximum Gasteiger partial charge on any atom is 0.224 e. The third-order valence-corrected chi connectivity index (χ3v) is 3.61. The number of hydrogen-bond donors (Lipinski definition) is 1. The molecule has 0 atom stereocenters. The Kier molecular flexibility index (Phi) is 4.28. The summed E-state index contributed by atoms with van der Waals surface area (Å²) in [6.07, 6.45) is 5.22. The first-order chi connectivity index (χ1) is 11.2. The van der Waals surface area contributed by atoms with Crippen LogP contribution in [0, 0.1) is 0 Å². The highest BCUT2D eigenvalue weighted by Crippen LogP contribution is 2.30. The molecule has 3 rings (SSSR count). The van der Waals surface area contributed by atoms with Gasteiger partial charge in [-0.1, -0.05) is 13.0 Å². The van der Waals surface area contributed by atoms with E-state index in [1.54, 1.807) is 7.11 Å². The lowest BCUT2D eigenvalue weighted by atomic mass is 10.1. The monoisotopic (exact) mass is 309 g/mol. The molecule has 0 spiro atoms. The Balaban J connectivity index is 1.97. The quantitative estimate of drug-likeness (QED) is 0.781. The molecule has 0 fully saturated rings. The number of amides is 1. The van der Waals surface area contributed by atoms with Gasteiger partial charge in [-0.05, 0) is 36.8 Å². The van der Waals surface area contributed by atoms with Gasteiger partial charge in [-0.2, -0.15) is 0 Å². The molecular formula is C18H19N3O2. The van der Waals surface area contributed by atoms with Crippen LogP contribution in [0.1, 0.15) is 19.8 Å². The molecule has 1 aromatic carbocycles. The van der Waals surface area contributed by atoms with Gasteiger partial charge in [-0.3, -0.25) is 4.79 Å². The highest BCUT2D eigenvalue weighted by atomic mass is 16.5. The number of benzene rings is 1. The smallest absolute Gasteiger partial charge is 0.224 e. The molecule has 0 saturated heterocycles. The number of aromatic nitrogens is 2. The first kappa shape index (κ1) is 15.1. The van der Waals surface area contributed by atoms with Crippen LogP contribution in [0.4, 0.5) is 5.69 Å². The minimum atomic E-state index is -0.0158. The van der Waals surface area contributed by atoms with E-state index < -0.39 is 0 Å². The molecular weight excluding hydrogens is 290 g/mol. The molecule has 2 heterocycles. The molecule has 0 unspecified atom stereocenters. The number of rotatable bonds is 5. The van der Waals surface area contributed by atoms with Crippen LogP contribution in [0.25, 0.3) is 16.9 Å². The average molecular weight is 309 g/mol. The summed E-state index contributed by atoms with van der Waals surface area (Å²) in [5, 5.41) is 2.91. The van der Waals surface area contributed by atoms with Crippen molar-refractivity contribution in [2.24, 2.45) is 0 Å². The summed E-state index contributed by atoms with van der Waals surface area (Å²) >= 11 is 0. The van der Waals surface area contributed by atoms with Crippen LogP contribution in [0.2, 0.25) is 0 Å². The van der Waals surface area contributed by atoms with Gasteiger partial charge in [0.2, 0.25) is 5.91 Å². The Hall–Kier alpha value is -2.82. The van der Waals surface area contributed by atoms with E-state index in [0.717, 1.165) is 23.3 Å². The molecule has 5 nitrogen and oxygen atoms in total. The van der Waals surface area contributed by atoms with Crippen molar-refractivity contribution in [1.82, 2.24) is 9.38 Å². The molecule has 0 aliphatic heterocycles. The Morgan fingerprint density at radius 2 is 2.17 bits per heavy atom. The number of pyridine rings is 1. The lowest BCUT2D eigenvalue weighted by Crippen LogP contribution is -2.11. The Morgan fingerprint density at radius 1 is 1.30 bits per heavy atom. The number of anilines is 1. The number of ether oxygens (including phenoxy) is 1. The van der Waals surface area contributed by atoms with Crippen LogP contribution in [0.5, 0.6) is 5.75 Å². The zero-order valence-corrected chi connectivity index (χ0v) is 13.2. The fraction of sp³-hybridized carbons (Fsp3) is 0.222. The molecule has 0 aliphatic carbocycles. The molecule has 118 valence electrons. The van der Waals surface area contributed by atoms with Crippen LogP contribution in [0.15, 0.2) is 48.8 Å². The van der Waals surface area contributed by atoms with Gasteiger partial charge in [0, 0.05) is 24.4 Å². The van der Waals surface area contributed by atoms with Gasteiger partial charge in [0.15, 0.2) is 0 Å². The highest BCUT2D eigenvalue weighted by Gasteiger charge is 2.11. The zero-order chi connectivity index (χ0) is 16.2. The normalized spacial score (nSPS) is 10.7. The van der Waals surface area contributed by atoms with Gasteiger partial charge >= 0.3 is 0 Å². The largest absolute Gasteiger partial charge is 0.495 e. The molecule has 0 aliphatic rings. The minimum Gasteiger partial charge on any atom is -0.495 e. The fourth-order valence-corrected chi connectivity index (χ4v) is 2.48. The van der Waals surface area contributed by atoms with Gasteiger partial charge in [-0.25, -0.2) is 4.98 Å². The van der Waals surface area contributed by atoms with Crippen LogP contribution >= 0.6 is 0 Å². The molecule has 2 aromatic heterocycles. The number of carbonyl (C=O) groups excluding carboxylic acids is 1. The summed E-state index contributed by atoms with van der Waals surface area (Å²) in [6, 6.07) is 11.6. The first-order valence-electron chi connectivity index (χ1n) is 7.63. The molecule has 23 heavy (non-hydrogen) atoms. The topological polar surface area (TPSA) is 55.6 Å². The summed E-state index contributed by atoms with van der Waals surface area (Å²) in [5.41, 5.74) is 3.33. The standard InChI is InChI=1S/C18H19N3O2/c1-3-6-18(22)20-14-11-13(8-9-16(14)23-2)15-12-21-10-5-4-7-17(21)19-15/h4-5,7-12H,3,6H2,1-2H3,(H,20,22). The van der Waals surface area contributed by atoms with Gasteiger partial charge < -0.3 is 14.5 Å². The predicted octanol–water partition coefficient (Wildman–Crippen LogP) is 3.75. The lowest BCUT2D eigenvalue weighted by molar-refractivity contribution is -0.116. The number of nitrogens with zero attached hydrogens (tertiary/aromatic N) is 2. The number of nitrogens with one attached hydrogen (secondary N) is 1. The van der Waals surface area contributed by atoms with E-state index >= 15 is 0 Å². The second-order valence-electron chi connectivity index (χ2n) is 5.31. The lowest BCUT2D eigenvalue weighted by Gasteiger charge is -2.11. The van der Waals surface area contributed by atoms with Crippen molar-refractivity contribution in [1.29, 1.82) is 0 Å². The van der Waals surface area contributed by atoms with E-state index in [0.29, 0.717) is 17.9 Å². The van der Waals surface area contributed by atoms with E-state index in [1.807, 2.05) is 60.1 Å². The van der Waals surface area contributed by atoms with Crippen molar-refractivity contribution in [3.05, 3.63) is 48.8 Å². The van der Waals surface area contributed by atoms with Gasteiger partial charge in [0.05, 0.1) is 18.5 Å². The first-order valence-corrected chi connectivity index (χ1v) is 7.63. The molecule has 3 aromatic rings. The zero-order valence-electron chi connectivity index (χ0n) is 13.2. The second kappa shape index (κ2) is 6.52. The number of methoxy groups -OCH3 is 1. The average Bonchev–Trinajstić information content (AvgIpc) is 2.99. The molecule has 0 radical (unpaired) electrons.